The fourth-order valence-electron chi connectivity index (χ4n) is 1.97. The van der Waals surface area contributed by atoms with Gasteiger partial charge in [0.15, 0.2) is 0 Å². The van der Waals surface area contributed by atoms with Crippen molar-refractivity contribution in [2.75, 3.05) is 7.11 Å². The molecule has 9 heteroatoms. The lowest BCUT2D eigenvalue weighted by Crippen LogP contribution is -2.24. The van der Waals surface area contributed by atoms with E-state index in [2.05, 4.69) is 25.4 Å². The van der Waals surface area contributed by atoms with Crippen molar-refractivity contribution in [2.24, 2.45) is 0 Å². The van der Waals surface area contributed by atoms with E-state index in [4.69, 9.17) is 4.74 Å². The van der Waals surface area contributed by atoms with Gasteiger partial charge in [0.25, 0.3) is 0 Å². The first-order valence-electron chi connectivity index (χ1n) is 6.69. The van der Waals surface area contributed by atoms with Gasteiger partial charge < -0.3 is 9.47 Å². The molecule has 2 aromatic rings. The molecule has 0 fully saturated rings. The molecule has 0 bridgehead atoms. The summed E-state index contributed by atoms with van der Waals surface area (Å²) in [6.45, 7) is -3.20. The van der Waals surface area contributed by atoms with Crippen molar-refractivity contribution in [2.45, 2.75) is 18.1 Å². The maximum atomic E-state index is 12.5. The van der Waals surface area contributed by atoms with Gasteiger partial charge in [0, 0.05) is 16.6 Å². The van der Waals surface area contributed by atoms with Gasteiger partial charge in [-0.2, -0.15) is 8.78 Å². The van der Waals surface area contributed by atoms with Crippen LogP contribution in [0.3, 0.4) is 0 Å². The quantitative estimate of drug-likeness (QED) is 0.742. The third-order valence-electron chi connectivity index (χ3n) is 3.06. The summed E-state index contributed by atoms with van der Waals surface area (Å²) in [6.07, 6.45) is 0. The zero-order valence-electron chi connectivity index (χ0n) is 12.5. The first kappa shape index (κ1) is 18.6. The van der Waals surface area contributed by atoms with Crippen molar-refractivity contribution in [1.29, 1.82) is 0 Å². The SMILES string of the molecule is COc1ccc(Br)cc1S(=O)(=O)NCc1ccccc1OC(F)F. The number of hydrogen-bond acceptors (Lipinski definition) is 4. The van der Waals surface area contributed by atoms with Gasteiger partial charge in [0.05, 0.1) is 7.11 Å². The molecule has 130 valence electrons. The Kier molecular flexibility index (Phi) is 6.14. The monoisotopic (exact) mass is 421 g/mol. The fourth-order valence-corrected chi connectivity index (χ4v) is 3.68. The molecule has 0 aliphatic carbocycles. The third kappa shape index (κ3) is 4.65. The van der Waals surface area contributed by atoms with Crippen LogP contribution in [-0.4, -0.2) is 22.1 Å². The Morgan fingerprint density at radius 3 is 2.54 bits per heavy atom. The molecule has 0 atom stereocenters. The largest absolute Gasteiger partial charge is 0.495 e. The minimum atomic E-state index is -3.92. The summed E-state index contributed by atoms with van der Waals surface area (Å²) in [7, 11) is -2.56. The van der Waals surface area contributed by atoms with Gasteiger partial charge in [-0.3, -0.25) is 0 Å². The van der Waals surface area contributed by atoms with Crippen molar-refractivity contribution < 1.29 is 26.7 Å². The van der Waals surface area contributed by atoms with Crippen LogP contribution in [0.2, 0.25) is 0 Å². The summed E-state index contributed by atoms with van der Waals surface area (Å²) in [5.74, 6) is 0.0826. The first-order chi connectivity index (χ1) is 11.3. The van der Waals surface area contributed by atoms with Crippen LogP contribution in [0.5, 0.6) is 11.5 Å². The lowest BCUT2D eigenvalue weighted by Gasteiger charge is -2.13. The fraction of sp³-hybridized carbons (Fsp3) is 0.200. The number of methoxy groups -OCH3 is 1. The van der Waals surface area contributed by atoms with Crippen molar-refractivity contribution in [3.63, 3.8) is 0 Å². The Morgan fingerprint density at radius 2 is 1.88 bits per heavy atom. The molecule has 2 aromatic carbocycles. The van der Waals surface area contributed by atoms with Crippen LogP contribution in [0.25, 0.3) is 0 Å². The number of alkyl halides is 2. The molecule has 0 amide bonds. The molecule has 24 heavy (non-hydrogen) atoms. The van der Waals surface area contributed by atoms with Gasteiger partial charge in [-0.25, -0.2) is 13.1 Å². The van der Waals surface area contributed by atoms with Crippen molar-refractivity contribution in [3.05, 3.63) is 52.5 Å². The van der Waals surface area contributed by atoms with Gasteiger partial charge in [0.2, 0.25) is 10.0 Å². The number of rotatable bonds is 7. The molecule has 0 unspecified atom stereocenters. The second kappa shape index (κ2) is 7.91. The molecule has 1 N–H and O–H groups in total. The number of benzene rings is 2. The number of ether oxygens (including phenoxy) is 2. The van der Waals surface area contributed by atoms with Crippen LogP contribution in [0, 0.1) is 0 Å². The van der Waals surface area contributed by atoms with Crippen LogP contribution in [0.15, 0.2) is 51.8 Å². The van der Waals surface area contributed by atoms with E-state index in [0.29, 0.717) is 4.47 Å². The maximum absolute atomic E-state index is 12.5. The standard InChI is InChI=1S/C15H14BrF2NO4S/c1-22-13-7-6-11(16)8-14(13)24(20,21)19-9-10-4-2-3-5-12(10)23-15(17)18/h2-8,15,19H,9H2,1H3. The Bertz CT molecular complexity index is 815. The maximum Gasteiger partial charge on any atom is 0.387 e. The van der Waals surface area contributed by atoms with E-state index in [1.165, 1.54) is 37.4 Å². The number of halogens is 3. The predicted octanol–water partition coefficient (Wildman–Crippen LogP) is 3.54. The Labute approximate surface area is 146 Å². The number of sulfonamides is 1. The molecule has 0 saturated heterocycles. The summed E-state index contributed by atoms with van der Waals surface area (Å²) >= 11 is 3.20. The van der Waals surface area contributed by atoms with E-state index in [1.54, 1.807) is 12.1 Å². The molecule has 0 aliphatic rings. The summed E-state index contributed by atoms with van der Waals surface area (Å²) in [4.78, 5) is -0.0633. The van der Waals surface area contributed by atoms with Crippen LogP contribution in [-0.2, 0) is 16.6 Å². The van der Waals surface area contributed by atoms with E-state index < -0.39 is 16.6 Å². The zero-order valence-corrected chi connectivity index (χ0v) is 14.9. The second-order valence-corrected chi connectivity index (χ2v) is 7.26. The summed E-state index contributed by atoms with van der Waals surface area (Å²) < 4.78 is 62.1. The van der Waals surface area contributed by atoms with Crippen LogP contribution < -0.4 is 14.2 Å². The topological polar surface area (TPSA) is 64.6 Å². The molecule has 5 nitrogen and oxygen atoms in total. The van der Waals surface area contributed by atoms with Crippen LogP contribution in [0.1, 0.15) is 5.56 Å². The zero-order chi connectivity index (χ0) is 17.7. The average Bonchev–Trinajstić information content (AvgIpc) is 2.53. The highest BCUT2D eigenvalue weighted by Gasteiger charge is 2.20. The van der Waals surface area contributed by atoms with Crippen molar-refractivity contribution in [1.82, 2.24) is 4.72 Å². The van der Waals surface area contributed by atoms with Gasteiger partial charge in [0.1, 0.15) is 16.4 Å². The molecule has 0 spiro atoms. The van der Waals surface area contributed by atoms with E-state index in [9.17, 15) is 17.2 Å². The molecule has 0 aromatic heterocycles. The highest BCUT2D eigenvalue weighted by molar-refractivity contribution is 9.10. The Hall–Kier alpha value is -1.71. The summed E-state index contributed by atoms with van der Waals surface area (Å²) in [5.41, 5.74) is 0.287. The minimum absolute atomic E-state index is 0.0633. The molecule has 0 saturated carbocycles. The summed E-state index contributed by atoms with van der Waals surface area (Å²) in [6, 6.07) is 10.5. The number of para-hydroxylation sites is 1. The third-order valence-corrected chi connectivity index (χ3v) is 4.97. The highest BCUT2D eigenvalue weighted by atomic mass is 79.9. The molecule has 0 heterocycles. The second-order valence-electron chi connectivity index (χ2n) is 4.61. The van der Waals surface area contributed by atoms with E-state index >= 15 is 0 Å². The number of nitrogens with one attached hydrogen (secondary N) is 1. The average molecular weight is 422 g/mol. The Balaban J connectivity index is 2.24. The van der Waals surface area contributed by atoms with Gasteiger partial charge in [-0.05, 0) is 24.3 Å². The van der Waals surface area contributed by atoms with E-state index in [1.807, 2.05) is 0 Å². The normalized spacial score (nSPS) is 11.5. The molecule has 2 rings (SSSR count). The van der Waals surface area contributed by atoms with E-state index in [0.717, 1.165) is 0 Å². The molecular weight excluding hydrogens is 408 g/mol. The molecular formula is C15H14BrF2NO4S. The van der Waals surface area contributed by atoms with Gasteiger partial charge in [-0.1, -0.05) is 34.1 Å². The molecule has 0 aliphatic heterocycles. The Morgan fingerprint density at radius 1 is 1.17 bits per heavy atom. The predicted molar refractivity (Wildman–Crippen MR) is 87.8 cm³/mol. The highest BCUT2D eigenvalue weighted by Crippen LogP contribution is 2.28. The molecule has 0 radical (unpaired) electrons. The van der Waals surface area contributed by atoms with Crippen molar-refractivity contribution in [3.8, 4) is 11.5 Å². The number of hydrogen-bond donors (Lipinski definition) is 1. The van der Waals surface area contributed by atoms with Crippen LogP contribution in [0.4, 0.5) is 8.78 Å². The van der Waals surface area contributed by atoms with E-state index in [-0.39, 0.29) is 28.5 Å². The summed E-state index contributed by atoms with van der Waals surface area (Å²) in [5, 5.41) is 0. The lowest BCUT2D eigenvalue weighted by molar-refractivity contribution is -0.0504. The van der Waals surface area contributed by atoms with Crippen molar-refractivity contribution >= 4 is 26.0 Å². The van der Waals surface area contributed by atoms with Gasteiger partial charge >= 0.3 is 6.61 Å². The minimum Gasteiger partial charge on any atom is -0.495 e. The van der Waals surface area contributed by atoms with Gasteiger partial charge in [-0.15, -0.1) is 0 Å². The first-order valence-corrected chi connectivity index (χ1v) is 8.97. The van der Waals surface area contributed by atoms with Crippen LogP contribution >= 0.6 is 15.9 Å². The lowest BCUT2D eigenvalue weighted by atomic mass is 10.2. The smallest absolute Gasteiger partial charge is 0.387 e.